The van der Waals surface area contributed by atoms with E-state index in [1.54, 1.807) is 16.8 Å². The quantitative estimate of drug-likeness (QED) is 0.636. The zero-order valence-electron chi connectivity index (χ0n) is 21.5. The van der Waals surface area contributed by atoms with Gasteiger partial charge in [0.05, 0.1) is 31.4 Å². The smallest absolute Gasteiger partial charge is 0.272 e. The molecule has 2 N–H and O–H groups in total. The molecule has 2 aliphatic heterocycles. The minimum absolute atomic E-state index is 0.0439. The monoisotopic (exact) mass is 522 g/mol. The molecule has 10 heteroatoms. The average molecular weight is 523 g/mol. The Kier molecular flexibility index (Phi) is 7.30. The fourth-order valence-electron chi connectivity index (χ4n) is 5.12. The Morgan fingerprint density at radius 3 is 2.76 bits per heavy atom. The molecular formula is C27H34N6O3S. The average Bonchev–Trinajstić information content (AvgIpc) is 3.51. The number of benzene rings is 1. The maximum atomic E-state index is 13.7. The number of nitrogens with one attached hydrogen (secondary N) is 2. The van der Waals surface area contributed by atoms with Crippen molar-refractivity contribution in [2.75, 3.05) is 39.4 Å². The summed E-state index contributed by atoms with van der Waals surface area (Å²) in [4.78, 5) is 28.9. The summed E-state index contributed by atoms with van der Waals surface area (Å²) < 4.78 is 7.65. The van der Waals surface area contributed by atoms with Crippen LogP contribution in [0.5, 0.6) is 0 Å². The largest absolute Gasteiger partial charge is 0.378 e. The highest BCUT2D eigenvalue weighted by molar-refractivity contribution is 8.02. The summed E-state index contributed by atoms with van der Waals surface area (Å²) in [5.74, 6) is -0.339. The summed E-state index contributed by atoms with van der Waals surface area (Å²) in [7, 11) is 0. The van der Waals surface area contributed by atoms with Gasteiger partial charge in [-0.2, -0.15) is 10.4 Å². The number of carbonyl (C=O) groups is 2. The Hall–Kier alpha value is -2.87. The molecule has 2 aromatic rings. The lowest BCUT2D eigenvalue weighted by Crippen LogP contribution is -2.45. The molecule has 196 valence electrons. The predicted molar refractivity (Wildman–Crippen MR) is 141 cm³/mol. The van der Waals surface area contributed by atoms with Crippen LogP contribution in [-0.2, 0) is 24.2 Å². The molecule has 1 fully saturated rings. The van der Waals surface area contributed by atoms with E-state index in [4.69, 9.17) is 10.00 Å². The van der Waals surface area contributed by atoms with Gasteiger partial charge in [0.2, 0.25) is 0 Å². The summed E-state index contributed by atoms with van der Waals surface area (Å²) in [5.41, 5.74) is 3.02. The molecule has 9 nitrogen and oxygen atoms in total. The summed E-state index contributed by atoms with van der Waals surface area (Å²) in [6.07, 6.45) is 2.83. The van der Waals surface area contributed by atoms with E-state index in [2.05, 4.69) is 35.6 Å². The summed E-state index contributed by atoms with van der Waals surface area (Å²) >= 11 is 1.99. The van der Waals surface area contributed by atoms with Crippen LogP contribution in [0.3, 0.4) is 0 Å². The number of ether oxygens (including phenoxy) is 1. The molecule has 2 bridgehead atoms. The van der Waals surface area contributed by atoms with Crippen LogP contribution >= 0.6 is 11.8 Å². The molecule has 37 heavy (non-hydrogen) atoms. The molecule has 1 aliphatic carbocycles. The van der Waals surface area contributed by atoms with Crippen LogP contribution in [0.4, 0.5) is 0 Å². The van der Waals surface area contributed by atoms with Crippen molar-refractivity contribution in [2.24, 2.45) is 0 Å². The van der Waals surface area contributed by atoms with Gasteiger partial charge in [-0.05, 0) is 50.8 Å². The molecule has 2 amide bonds. The summed E-state index contributed by atoms with van der Waals surface area (Å²) in [6, 6.07) is 9.19. The second-order valence-corrected chi connectivity index (χ2v) is 12.9. The first-order valence-corrected chi connectivity index (χ1v) is 13.8. The van der Waals surface area contributed by atoms with Crippen LogP contribution < -0.4 is 10.6 Å². The normalized spacial score (nSPS) is 21.0. The second-order valence-electron chi connectivity index (χ2n) is 10.7. The predicted octanol–water partition coefficient (Wildman–Crippen LogP) is 2.35. The number of nitriles is 1. The van der Waals surface area contributed by atoms with Crippen molar-refractivity contribution in [2.45, 2.75) is 55.7 Å². The molecule has 0 unspecified atom stereocenters. The van der Waals surface area contributed by atoms with Crippen molar-refractivity contribution in [3.05, 3.63) is 52.3 Å². The van der Waals surface area contributed by atoms with Gasteiger partial charge in [0, 0.05) is 47.8 Å². The standard InChI is InChI=1S/C27H34N6O3S/c1-26(2)17-29-10-13-36-14-12-33-23-21(7-11-32(25(23)35)18-27(37-26)8-9-27)22(31-33)24(34)30-16-20-5-3-19(15-28)4-6-20/h3-6,29H,7-14,16-18H2,1-2H3,(H,30,34). The lowest BCUT2D eigenvalue weighted by atomic mass is 10.0. The van der Waals surface area contributed by atoms with Gasteiger partial charge in [0.25, 0.3) is 11.8 Å². The second kappa shape index (κ2) is 10.5. The van der Waals surface area contributed by atoms with E-state index in [0.29, 0.717) is 56.2 Å². The Bertz CT molecular complexity index is 1210. The van der Waals surface area contributed by atoms with Gasteiger partial charge in [-0.15, -0.1) is 11.8 Å². The van der Waals surface area contributed by atoms with Gasteiger partial charge >= 0.3 is 0 Å². The molecule has 1 aromatic heterocycles. The number of aromatic nitrogens is 2. The Morgan fingerprint density at radius 2 is 2.03 bits per heavy atom. The van der Waals surface area contributed by atoms with Crippen LogP contribution in [0.1, 0.15) is 64.4 Å². The molecule has 1 spiro atoms. The fraction of sp³-hybridized carbons (Fsp3) is 0.556. The van der Waals surface area contributed by atoms with Gasteiger partial charge in [-0.1, -0.05) is 12.1 Å². The zero-order valence-corrected chi connectivity index (χ0v) is 22.3. The number of fused-ring (bicyclic) bond motifs is 1. The van der Waals surface area contributed by atoms with Crippen molar-refractivity contribution in [1.82, 2.24) is 25.3 Å². The highest BCUT2D eigenvalue weighted by Gasteiger charge is 2.49. The third-order valence-corrected chi connectivity index (χ3v) is 8.79. The van der Waals surface area contributed by atoms with Crippen LogP contribution in [0.2, 0.25) is 0 Å². The Labute approximate surface area is 221 Å². The minimum Gasteiger partial charge on any atom is -0.378 e. The molecular weight excluding hydrogens is 488 g/mol. The van der Waals surface area contributed by atoms with Crippen LogP contribution in [-0.4, -0.2) is 75.4 Å². The Balaban J connectivity index is 1.37. The first-order valence-electron chi connectivity index (χ1n) is 12.9. The van der Waals surface area contributed by atoms with Crippen LogP contribution in [0.15, 0.2) is 24.3 Å². The molecule has 1 aromatic carbocycles. The molecule has 3 heterocycles. The van der Waals surface area contributed by atoms with E-state index >= 15 is 0 Å². The topological polar surface area (TPSA) is 112 Å². The highest BCUT2D eigenvalue weighted by Crippen LogP contribution is 2.54. The number of nitrogens with zero attached hydrogens (tertiary/aromatic N) is 4. The summed E-state index contributed by atoms with van der Waals surface area (Å²) in [5, 5.41) is 20.0. The number of carbonyl (C=O) groups excluding carboxylic acids is 2. The molecule has 1 saturated carbocycles. The number of rotatable bonds is 3. The van der Waals surface area contributed by atoms with Crippen molar-refractivity contribution in [3.8, 4) is 6.07 Å². The van der Waals surface area contributed by atoms with Gasteiger partial charge in [-0.3, -0.25) is 14.3 Å². The molecule has 3 aliphatic rings. The van der Waals surface area contributed by atoms with E-state index in [0.717, 1.165) is 43.6 Å². The first kappa shape index (κ1) is 25.8. The van der Waals surface area contributed by atoms with Crippen molar-refractivity contribution >= 4 is 23.6 Å². The van der Waals surface area contributed by atoms with E-state index < -0.39 is 0 Å². The van der Waals surface area contributed by atoms with Crippen molar-refractivity contribution < 1.29 is 14.3 Å². The van der Waals surface area contributed by atoms with Gasteiger partial charge < -0.3 is 20.3 Å². The van der Waals surface area contributed by atoms with Gasteiger partial charge in [0.15, 0.2) is 5.69 Å². The number of thioether (sulfide) groups is 1. The lowest BCUT2D eigenvalue weighted by Gasteiger charge is -2.35. The first-order chi connectivity index (χ1) is 17.8. The third-order valence-electron chi connectivity index (χ3n) is 7.12. The van der Waals surface area contributed by atoms with Gasteiger partial charge in [0.1, 0.15) is 5.69 Å². The fourth-order valence-corrected chi connectivity index (χ4v) is 6.99. The molecule has 5 rings (SSSR count). The van der Waals surface area contributed by atoms with Crippen molar-refractivity contribution in [3.63, 3.8) is 0 Å². The van der Waals surface area contributed by atoms with E-state index in [9.17, 15) is 9.59 Å². The zero-order chi connectivity index (χ0) is 26.0. The number of hydrogen-bond donors (Lipinski definition) is 2. The van der Waals surface area contributed by atoms with Crippen LogP contribution in [0.25, 0.3) is 0 Å². The molecule has 0 radical (unpaired) electrons. The number of hydrogen-bond acceptors (Lipinski definition) is 7. The minimum atomic E-state index is -0.295. The summed E-state index contributed by atoms with van der Waals surface area (Å²) in [6.45, 7) is 9.21. The van der Waals surface area contributed by atoms with E-state index in [-0.39, 0.29) is 21.3 Å². The molecule has 0 atom stereocenters. The van der Waals surface area contributed by atoms with E-state index in [1.165, 1.54) is 0 Å². The van der Waals surface area contributed by atoms with Crippen molar-refractivity contribution in [1.29, 1.82) is 5.26 Å². The maximum Gasteiger partial charge on any atom is 0.272 e. The SMILES string of the molecule is CC1(C)CNCCOCCn2nc(C(=O)NCc3ccc(C#N)cc3)c3c2C(=O)N(CC3)CC2(CC2)S1. The highest BCUT2D eigenvalue weighted by atomic mass is 32.2. The molecule has 0 saturated heterocycles. The number of amides is 2. The van der Waals surface area contributed by atoms with Crippen LogP contribution in [0, 0.1) is 11.3 Å². The Morgan fingerprint density at radius 1 is 1.24 bits per heavy atom. The maximum absolute atomic E-state index is 13.7. The van der Waals surface area contributed by atoms with E-state index in [1.807, 2.05) is 28.8 Å². The third kappa shape index (κ3) is 5.84. The lowest BCUT2D eigenvalue weighted by molar-refractivity contribution is 0.0717. The van der Waals surface area contributed by atoms with Gasteiger partial charge in [-0.25, -0.2) is 0 Å².